The van der Waals surface area contributed by atoms with E-state index in [0.717, 1.165) is 21.9 Å². The van der Waals surface area contributed by atoms with Gasteiger partial charge in [-0.15, -0.1) is 0 Å². The third-order valence-corrected chi connectivity index (χ3v) is 2.94. The Kier molecular flexibility index (Phi) is 2.31. The van der Waals surface area contributed by atoms with Crippen molar-refractivity contribution in [1.82, 2.24) is 0 Å². The van der Waals surface area contributed by atoms with Crippen LogP contribution in [0.15, 0.2) is 24.3 Å². The standard InChI is InChI=1S/C13H12O3/c1-7-8(2)12(13(15)16)5-9-3-4-10(14)6-11(7)9/h3-6,14H,1-2H3,(H,15,16). The van der Waals surface area contributed by atoms with Crippen molar-refractivity contribution in [1.29, 1.82) is 0 Å². The molecule has 3 nitrogen and oxygen atoms in total. The first-order chi connectivity index (χ1) is 7.50. The van der Waals surface area contributed by atoms with Gasteiger partial charge in [0.15, 0.2) is 0 Å². The Morgan fingerprint density at radius 1 is 1.12 bits per heavy atom. The molecular weight excluding hydrogens is 204 g/mol. The van der Waals surface area contributed by atoms with Crippen LogP contribution in [0.25, 0.3) is 10.8 Å². The normalized spacial score (nSPS) is 10.6. The number of phenols is 1. The summed E-state index contributed by atoms with van der Waals surface area (Å²) >= 11 is 0. The summed E-state index contributed by atoms with van der Waals surface area (Å²) in [5.74, 6) is -0.728. The lowest BCUT2D eigenvalue weighted by Gasteiger charge is -2.09. The molecule has 0 saturated carbocycles. The third kappa shape index (κ3) is 1.50. The summed E-state index contributed by atoms with van der Waals surface area (Å²) < 4.78 is 0. The zero-order valence-electron chi connectivity index (χ0n) is 9.11. The molecule has 0 saturated heterocycles. The van der Waals surface area contributed by atoms with Gasteiger partial charge in [0.1, 0.15) is 5.75 Å². The van der Waals surface area contributed by atoms with Crippen LogP contribution in [0.5, 0.6) is 5.75 Å². The van der Waals surface area contributed by atoms with Crippen LogP contribution >= 0.6 is 0 Å². The van der Waals surface area contributed by atoms with E-state index in [1.807, 2.05) is 6.92 Å². The number of aromatic carboxylic acids is 1. The molecule has 2 rings (SSSR count). The van der Waals surface area contributed by atoms with E-state index in [1.54, 1.807) is 31.2 Å². The fourth-order valence-corrected chi connectivity index (χ4v) is 1.88. The number of aromatic hydroxyl groups is 1. The maximum absolute atomic E-state index is 11.0. The van der Waals surface area contributed by atoms with Crippen LogP contribution in [0.3, 0.4) is 0 Å². The quantitative estimate of drug-likeness (QED) is 0.770. The van der Waals surface area contributed by atoms with Crippen molar-refractivity contribution in [3.8, 4) is 5.75 Å². The van der Waals surface area contributed by atoms with Gasteiger partial charge in [-0.05, 0) is 53.9 Å². The number of benzene rings is 2. The van der Waals surface area contributed by atoms with E-state index in [9.17, 15) is 9.90 Å². The van der Waals surface area contributed by atoms with Gasteiger partial charge >= 0.3 is 5.97 Å². The van der Waals surface area contributed by atoms with Gasteiger partial charge in [0.25, 0.3) is 0 Å². The molecule has 0 aliphatic heterocycles. The van der Waals surface area contributed by atoms with Gasteiger partial charge in [-0.1, -0.05) is 6.07 Å². The molecule has 0 aliphatic rings. The number of fused-ring (bicyclic) bond motifs is 1. The van der Waals surface area contributed by atoms with E-state index in [-0.39, 0.29) is 5.75 Å². The maximum Gasteiger partial charge on any atom is 0.335 e. The highest BCUT2D eigenvalue weighted by Crippen LogP contribution is 2.27. The lowest BCUT2D eigenvalue weighted by atomic mass is 9.96. The Balaban J connectivity index is 2.88. The number of carbonyl (C=O) groups is 1. The van der Waals surface area contributed by atoms with Gasteiger partial charge in [0.05, 0.1) is 5.56 Å². The number of carboxylic acid groups (broad SMARTS) is 1. The molecule has 82 valence electrons. The Bertz CT molecular complexity index is 585. The van der Waals surface area contributed by atoms with Crippen LogP contribution in [0.2, 0.25) is 0 Å². The van der Waals surface area contributed by atoms with Crippen molar-refractivity contribution in [2.24, 2.45) is 0 Å². The molecule has 0 heterocycles. The van der Waals surface area contributed by atoms with Crippen LogP contribution < -0.4 is 0 Å². The zero-order chi connectivity index (χ0) is 11.9. The molecule has 0 fully saturated rings. The van der Waals surface area contributed by atoms with Crippen molar-refractivity contribution in [2.75, 3.05) is 0 Å². The first-order valence-electron chi connectivity index (χ1n) is 4.97. The SMILES string of the molecule is Cc1c(C(=O)O)cc2ccc(O)cc2c1C. The molecule has 0 aromatic heterocycles. The number of hydrogen-bond donors (Lipinski definition) is 2. The fraction of sp³-hybridized carbons (Fsp3) is 0.154. The van der Waals surface area contributed by atoms with E-state index < -0.39 is 5.97 Å². The van der Waals surface area contributed by atoms with Crippen molar-refractivity contribution in [3.63, 3.8) is 0 Å². The second-order valence-electron chi connectivity index (χ2n) is 3.88. The van der Waals surface area contributed by atoms with Crippen LogP contribution in [0.1, 0.15) is 21.5 Å². The minimum Gasteiger partial charge on any atom is -0.508 e. The number of rotatable bonds is 1. The first kappa shape index (κ1) is 10.5. The molecule has 16 heavy (non-hydrogen) atoms. The predicted molar refractivity (Wildman–Crippen MR) is 62.0 cm³/mol. The van der Waals surface area contributed by atoms with Gasteiger partial charge in [-0.2, -0.15) is 0 Å². The lowest BCUT2D eigenvalue weighted by molar-refractivity contribution is 0.0696. The van der Waals surface area contributed by atoms with Gasteiger partial charge in [0.2, 0.25) is 0 Å². The van der Waals surface area contributed by atoms with Crippen LogP contribution in [0.4, 0.5) is 0 Å². The second kappa shape index (κ2) is 3.52. The Morgan fingerprint density at radius 2 is 1.81 bits per heavy atom. The second-order valence-corrected chi connectivity index (χ2v) is 3.88. The molecule has 0 radical (unpaired) electrons. The van der Waals surface area contributed by atoms with Crippen LogP contribution in [0, 0.1) is 13.8 Å². The summed E-state index contributed by atoms with van der Waals surface area (Å²) in [6.07, 6.45) is 0. The Labute approximate surface area is 93.0 Å². The van der Waals surface area contributed by atoms with E-state index in [4.69, 9.17) is 5.11 Å². The highest BCUT2D eigenvalue weighted by molar-refractivity contribution is 5.98. The zero-order valence-corrected chi connectivity index (χ0v) is 9.11. The van der Waals surface area contributed by atoms with Gasteiger partial charge in [-0.25, -0.2) is 4.79 Å². The number of phenolic OH excluding ortho intramolecular Hbond substituents is 1. The Hall–Kier alpha value is -2.03. The summed E-state index contributed by atoms with van der Waals surface area (Å²) in [5.41, 5.74) is 1.95. The summed E-state index contributed by atoms with van der Waals surface area (Å²) in [7, 11) is 0. The number of hydrogen-bond acceptors (Lipinski definition) is 2. The highest BCUT2D eigenvalue weighted by atomic mass is 16.4. The van der Waals surface area contributed by atoms with Crippen molar-refractivity contribution in [3.05, 3.63) is 41.0 Å². The fourth-order valence-electron chi connectivity index (χ4n) is 1.88. The molecule has 0 atom stereocenters. The van der Waals surface area contributed by atoms with Crippen molar-refractivity contribution in [2.45, 2.75) is 13.8 Å². The molecule has 2 aromatic rings. The van der Waals surface area contributed by atoms with Crippen LogP contribution in [-0.2, 0) is 0 Å². The van der Waals surface area contributed by atoms with E-state index in [2.05, 4.69) is 0 Å². The lowest BCUT2D eigenvalue weighted by Crippen LogP contribution is -2.01. The molecule has 0 unspecified atom stereocenters. The molecule has 0 amide bonds. The molecule has 0 aliphatic carbocycles. The van der Waals surface area contributed by atoms with Crippen molar-refractivity contribution < 1.29 is 15.0 Å². The number of carboxylic acids is 1. The summed E-state index contributed by atoms with van der Waals surface area (Å²) in [5, 5.41) is 20.2. The van der Waals surface area contributed by atoms with Crippen LogP contribution in [-0.4, -0.2) is 16.2 Å². The summed E-state index contributed by atoms with van der Waals surface area (Å²) in [4.78, 5) is 11.0. The molecule has 3 heteroatoms. The summed E-state index contributed by atoms with van der Waals surface area (Å²) in [6, 6.07) is 6.58. The monoisotopic (exact) mass is 216 g/mol. The molecular formula is C13H12O3. The largest absolute Gasteiger partial charge is 0.508 e. The summed E-state index contributed by atoms with van der Waals surface area (Å²) in [6.45, 7) is 3.64. The van der Waals surface area contributed by atoms with Gasteiger partial charge < -0.3 is 10.2 Å². The van der Waals surface area contributed by atoms with Crippen molar-refractivity contribution >= 4 is 16.7 Å². The van der Waals surface area contributed by atoms with Gasteiger partial charge in [0, 0.05) is 0 Å². The molecule has 0 bridgehead atoms. The molecule has 2 aromatic carbocycles. The first-order valence-corrected chi connectivity index (χ1v) is 4.97. The van der Waals surface area contributed by atoms with E-state index >= 15 is 0 Å². The highest BCUT2D eigenvalue weighted by Gasteiger charge is 2.12. The number of aryl methyl sites for hydroxylation is 1. The average Bonchev–Trinajstić information content (AvgIpc) is 2.23. The molecule has 0 spiro atoms. The minimum atomic E-state index is -0.921. The van der Waals surface area contributed by atoms with Gasteiger partial charge in [-0.3, -0.25) is 0 Å². The predicted octanol–water partition coefficient (Wildman–Crippen LogP) is 2.86. The van der Waals surface area contributed by atoms with E-state index in [1.165, 1.54) is 0 Å². The average molecular weight is 216 g/mol. The topological polar surface area (TPSA) is 57.5 Å². The molecule has 2 N–H and O–H groups in total. The third-order valence-electron chi connectivity index (χ3n) is 2.94. The smallest absolute Gasteiger partial charge is 0.335 e. The van der Waals surface area contributed by atoms with E-state index in [0.29, 0.717) is 5.56 Å². The minimum absolute atomic E-state index is 0.193. The maximum atomic E-state index is 11.0. The Morgan fingerprint density at radius 3 is 2.44 bits per heavy atom.